The third-order valence-electron chi connectivity index (χ3n) is 4.09. The Morgan fingerprint density at radius 1 is 1.18 bits per heavy atom. The molecule has 4 rings (SSSR count). The number of benzene rings is 1. The third-order valence-corrected chi connectivity index (χ3v) is 4.09. The predicted molar refractivity (Wildman–Crippen MR) is 86.0 cm³/mol. The summed E-state index contributed by atoms with van der Waals surface area (Å²) in [5.41, 5.74) is 3.81. The smallest absolute Gasteiger partial charge is 0.158 e. The van der Waals surface area contributed by atoms with Crippen molar-refractivity contribution < 1.29 is 5.11 Å². The molecule has 2 aromatic heterocycles. The van der Waals surface area contributed by atoms with Gasteiger partial charge in [0.25, 0.3) is 0 Å². The average molecular weight is 294 g/mol. The number of aliphatic hydroxyl groups excluding tert-OH is 1. The first-order valence-corrected chi connectivity index (χ1v) is 7.56. The van der Waals surface area contributed by atoms with E-state index >= 15 is 0 Å². The molecule has 0 radical (unpaired) electrons. The molecule has 22 heavy (non-hydrogen) atoms. The van der Waals surface area contributed by atoms with Crippen molar-refractivity contribution >= 4 is 11.5 Å². The van der Waals surface area contributed by atoms with Crippen LogP contribution in [0.5, 0.6) is 0 Å². The number of nitrogens with zero attached hydrogens (tertiary/aromatic N) is 4. The Balaban J connectivity index is 1.89. The summed E-state index contributed by atoms with van der Waals surface area (Å²) in [6, 6.07) is 14.2. The van der Waals surface area contributed by atoms with Crippen molar-refractivity contribution in [3.8, 4) is 11.3 Å². The minimum absolute atomic E-state index is 0.264. The average Bonchev–Trinajstić information content (AvgIpc) is 3.12. The molecule has 5 nitrogen and oxygen atoms in total. The van der Waals surface area contributed by atoms with E-state index in [1.54, 1.807) is 0 Å². The van der Waals surface area contributed by atoms with Crippen LogP contribution < -0.4 is 4.90 Å². The zero-order valence-corrected chi connectivity index (χ0v) is 12.5. The van der Waals surface area contributed by atoms with E-state index in [2.05, 4.69) is 28.2 Å². The van der Waals surface area contributed by atoms with Crippen LogP contribution >= 0.6 is 0 Å². The fraction of sp³-hybridized carbons (Fsp3) is 0.294. The highest BCUT2D eigenvalue weighted by Crippen LogP contribution is 2.27. The lowest BCUT2D eigenvalue weighted by Gasteiger charge is -2.19. The molecule has 0 amide bonds. The minimum atomic E-state index is -0.264. The van der Waals surface area contributed by atoms with Crippen LogP contribution in [-0.4, -0.2) is 38.9 Å². The van der Waals surface area contributed by atoms with Crippen molar-refractivity contribution in [2.75, 3.05) is 18.0 Å². The molecule has 1 fully saturated rings. The monoisotopic (exact) mass is 294 g/mol. The van der Waals surface area contributed by atoms with Crippen LogP contribution in [0, 0.1) is 6.92 Å². The van der Waals surface area contributed by atoms with Crippen LogP contribution in [0.3, 0.4) is 0 Å². The lowest BCUT2D eigenvalue weighted by molar-refractivity contribution is 0.198. The maximum absolute atomic E-state index is 9.84. The summed E-state index contributed by atoms with van der Waals surface area (Å²) in [6.07, 6.45) is 0.533. The molecule has 3 heterocycles. The lowest BCUT2D eigenvalue weighted by Crippen LogP contribution is -2.24. The number of aliphatic hydroxyl groups is 1. The van der Waals surface area contributed by atoms with Gasteiger partial charge in [0.15, 0.2) is 5.65 Å². The quantitative estimate of drug-likeness (QED) is 0.788. The van der Waals surface area contributed by atoms with E-state index in [9.17, 15) is 5.11 Å². The molecule has 1 aliphatic rings. The minimum Gasteiger partial charge on any atom is -0.391 e. The number of rotatable bonds is 2. The third kappa shape index (κ3) is 2.23. The van der Waals surface area contributed by atoms with Gasteiger partial charge in [0.1, 0.15) is 5.82 Å². The van der Waals surface area contributed by atoms with Crippen molar-refractivity contribution in [1.82, 2.24) is 14.6 Å². The first kappa shape index (κ1) is 13.3. The second kappa shape index (κ2) is 5.10. The molecule has 112 valence electrons. The molecule has 0 bridgehead atoms. The number of anilines is 1. The number of aryl methyl sites for hydroxylation is 1. The molecule has 1 aromatic carbocycles. The molecule has 1 aliphatic heterocycles. The first-order valence-electron chi connectivity index (χ1n) is 7.56. The van der Waals surface area contributed by atoms with Gasteiger partial charge in [-0.25, -0.2) is 4.98 Å². The summed E-state index contributed by atoms with van der Waals surface area (Å²) in [6.45, 7) is 3.46. The molecular formula is C17H18N4O. The van der Waals surface area contributed by atoms with E-state index in [1.807, 2.05) is 35.7 Å². The van der Waals surface area contributed by atoms with Gasteiger partial charge < -0.3 is 10.0 Å². The van der Waals surface area contributed by atoms with Crippen LogP contribution in [-0.2, 0) is 0 Å². The Labute approximate surface area is 128 Å². The number of β-amino-alcohol motifs (C(OH)–C–C–N with tert-alkyl or cyclic N) is 1. The van der Waals surface area contributed by atoms with Crippen molar-refractivity contribution in [1.29, 1.82) is 0 Å². The van der Waals surface area contributed by atoms with E-state index in [-0.39, 0.29) is 6.10 Å². The molecule has 1 N–H and O–H groups in total. The van der Waals surface area contributed by atoms with Crippen LogP contribution in [0.2, 0.25) is 0 Å². The van der Waals surface area contributed by atoms with E-state index in [1.165, 1.54) is 0 Å². The maximum atomic E-state index is 9.84. The van der Waals surface area contributed by atoms with E-state index in [0.717, 1.165) is 41.4 Å². The van der Waals surface area contributed by atoms with Gasteiger partial charge in [-0.3, -0.25) is 0 Å². The Bertz CT molecular complexity index is 812. The SMILES string of the molecule is Cc1cc2nc(-c3ccccc3)cc(N3CC[C@@H](O)C3)n2n1. The second-order valence-corrected chi connectivity index (χ2v) is 5.81. The van der Waals surface area contributed by atoms with Gasteiger partial charge in [0, 0.05) is 30.8 Å². The van der Waals surface area contributed by atoms with Gasteiger partial charge in [-0.15, -0.1) is 0 Å². The predicted octanol–water partition coefficient (Wildman–Crippen LogP) is 2.28. The zero-order chi connectivity index (χ0) is 15.1. The van der Waals surface area contributed by atoms with Gasteiger partial charge in [0.2, 0.25) is 0 Å². The highest BCUT2D eigenvalue weighted by molar-refractivity contribution is 5.67. The number of fused-ring (bicyclic) bond motifs is 1. The molecule has 1 atom stereocenters. The zero-order valence-electron chi connectivity index (χ0n) is 12.5. The summed E-state index contributed by atoms with van der Waals surface area (Å²) < 4.78 is 1.87. The fourth-order valence-electron chi connectivity index (χ4n) is 3.01. The Morgan fingerprint density at radius 3 is 2.73 bits per heavy atom. The number of aromatic nitrogens is 3. The van der Waals surface area contributed by atoms with Gasteiger partial charge in [-0.05, 0) is 13.3 Å². The summed E-state index contributed by atoms with van der Waals surface area (Å²) in [5, 5.41) is 14.4. The van der Waals surface area contributed by atoms with Gasteiger partial charge >= 0.3 is 0 Å². The standard InChI is InChI=1S/C17H18N4O/c1-12-9-16-18-15(13-5-3-2-4-6-13)10-17(21(16)19-12)20-8-7-14(22)11-20/h2-6,9-10,14,22H,7-8,11H2,1H3/t14-/m1/s1. The Hall–Kier alpha value is -2.40. The van der Waals surface area contributed by atoms with Crippen molar-refractivity contribution in [3.63, 3.8) is 0 Å². The van der Waals surface area contributed by atoms with E-state index in [4.69, 9.17) is 4.98 Å². The van der Waals surface area contributed by atoms with Gasteiger partial charge in [-0.1, -0.05) is 30.3 Å². The summed E-state index contributed by atoms with van der Waals surface area (Å²) >= 11 is 0. The second-order valence-electron chi connectivity index (χ2n) is 5.81. The van der Waals surface area contributed by atoms with Crippen molar-refractivity contribution in [3.05, 3.63) is 48.2 Å². The highest BCUT2D eigenvalue weighted by Gasteiger charge is 2.23. The molecule has 5 heteroatoms. The fourth-order valence-corrected chi connectivity index (χ4v) is 3.01. The van der Waals surface area contributed by atoms with Gasteiger partial charge in [-0.2, -0.15) is 9.61 Å². The van der Waals surface area contributed by atoms with Crippen LogP contribution in [0.4, 0.5) is 5.82 Å². The van der Waals surface area contributed by atoms with Crippen LogP contribution in [0.15, 0.2) is 42.5 Å². The molecular weight excluding hydrogens is 276 g/mol. The highest BCUT2D eigenvalue weighted by atomic mass is 16.3. The summed E-state index contributed by atoms with van der Waals surface area (Å²) in [4.78, 5) is 6.91. The first-order chi connectivity index (χ1) is 10.7. The number of hydrogen-bond donors (Lipinski definition) is 1. The van der Waals surface area contributed by atoms with Crippen molar-refractivity contribution in [2.24, 2.45) is 0 Å². The summed E-state index contributed by atoms with van der Waals surface area (Å²) in [5.74, 6) is 0.994. The van der Waals surface area contributed by atoms with Crippen LogP contribution in [0.1, 0.15) is 12.1 Å². The van der Waals surface area contributed by atoms with E-state index in [0.29, 0.717) is 6.54 Å². The largest absolute Gasteiger partial charge is 0.391 e. The Morgan fingerprint density at radius 2 is 2.00 bits per heavy atom. The lowest BCUT2D eigenvalue weighted by atomic mass is 10.1. The Kier molecular flexibility index (Phi) is 3.08. The topological polar surface area (TPSA) is 53.7 Å². The maximum Gasteiger partial charge on any atom is 0.158 e. The van der Waals surface area contributed by atoms with Crippen molar-refractivity contribution in [2.45, 2.75) is 19.4 Å². The van der Waals surface area contributed by atoms with E-state index < -0.39 is 0 Å². The summed E-state index contributed by atoms with van der Waals surface area (Å²) in [7, 11) is 0. The molecule has 3 aromatic rings. The molecule has 0 unspecified atom stereocenters. The molecule has 0 aliphatic carbocycles. The molecule has 1 saturated heterocycles. The molecule has 0 spiro atoms. The van der Waals surface area contributed by atoms with Gasteiger partial charge in [0.05, 0.1) is 17.5 Å². The normalized spacial score (nSPS) is 18.3. The van der Waals surface area contributed by atoms with Crippen LogP contribution in [0.25, 0.3) is 16.9 Å². The number of hydrogen-bond acceptors (Lipinski definition) is 4. The molecule has 0 saturated carbocycles.